The number of hydrogen-bond acceptors (Lipinski definition) is 1. The summed E-state index contributed by atoms with van der Waals surface area (Å²) < 4.78 is 2.15. The van der Waals surface area contributed by atoms with Crippen LogP contribution in [0.5, 0.6) is 0 Å². The lowest BCUT2D eigenvalue weighted by Gasteiger charge is -2.07. The molecule has 90 valence electrons. The third-order valence-electron chi connectivity index (χ3n) is 3.06. The van der Waals surface area contributed by atoms with E-state index in [9.17, 15) is 0 Å². The van der Waals surface area contributed by atoms with Crippen LogP contribution in [0, 0.1) is 13.8 Å². The van der Waals surface area contributed by atoms with Crippen molar-refractivity contribution in [2.75, 3.05) is 0 Å². The number of imidazole rings is 1. The molecule has 0 saturated heterocycles. The van der Waals surface area contributed by atoms with Crippen molar-refractivity contribution in [1.82, 2.24) is 9.38 Å². The Bertz CT molecular complexity index is 728. The zero-order chi connectivity index (χ0) is 12.7. The number of rotatable bonds is 1. The number of aromatic nitrogens is 2. The zero-order valence-corrected chi connectivity index (χ0v) is 11.1. The van der Waals surface area contributed by atoms with Crippen LogP contribution in [0.15, 0.2) is 42.6 Å². The lowest BCUT2D eigenvalue weighted by molar-refractivity contribution is 1.09. The summed E-state index contributed by atoms with van der Waals surface area (Å²) >= 11 is 6.05. The SMILES string of the molecule is Cc1cc(C)n2c(-c3cccc(Cl)c3)cnc2c1. The molecule has 0 saturated carbocycles. The number of pyridine rings is 1. The van der Waals surface area contributed by atoms with Gasteiger partial charge < -0.3 is 0 Å². The lowest BCUT2D eigenvalue weighted by Crippen LogP contribution is -1.94. The van der Waals surface area contributed by atoms with E-state index in [0.717, 1.165) is 21.9 Å². The van der Waals surface area contributed by atoms with Crippen LogP contribution < -0.4 is 0 Å². The third-order valence-corrected chi connectivity index (χ3v) is 3.29. The molecule has 0 unspecified atom stereocenters. The van der Waals surface area contributed by atoms with Crippen LogP contribution in [0.25, 0.3) is 16.9 Å². The summed E-state index contributed by atoms with van der Waals surface area (Å²) in [7, 11) is 0. The highest BCUT2D eigenvalue weighted by Crippen LogP contribution is 2.25. The molecule has 3 rings (SSSR count). The van der Waals surface area contributed by atoms with Crippen molar-refractivity contribution in [1.29, 1.82) is 0 Å². The second-order valence-corrected chi connectivity index (χ2v) is 4.96. The van der Waals surface area contributed by atoms with E-state index in [1.54, 1.807) is 0 Å². The first-order valence-corrected chi connectivity index (χ1v) is 6.23. The van der Waals surface area contributed by atoms with Crippen molar-refractivity contribution < 1.29 is 0 Å². The van der Waals surface area contributed by atoms with Gasteiger partial charge in [-0.25, -0.2) is 4.98 Å². The number of halogens is 1. The van der Waals surface area contributed by atoms with Crippen molar-refractivity contribution in [3.8, 4) is 11.3 Å². The van der Waals surface area contributed by atoms with Crippen molar-refractivity contribution in [3.05, 3.63) is 58.9 Å². The van der Waals surface area contributed by atoms with Crippen LogP contribution >= 0.6 is 11.6 Å². The van der Waals surface area contributed by atoms with Gasteiger partial charge in [-0.05, 0) is 43.7 Å². The fourth-order valence-corrected chi connectivity index (χ4v) is 2.52. The maximum Gasteiger partial charge on any atom is 0.137 e. The van der Waals surface area contributed by atoms with Gasteiger partial charge in [0.25, 0.3) is 0 Å². The second-order valence-electron chi connectivity index (χ2n) is 4.52. The molecule has 0 fully saturated rings. The van der Waals surface area contributed by atoms with E-state index in [-0.39, 0.29) is 0 Å². The number of hydrogen-bond donors (Lipinski definition) is 0. The van der Waals surface area contributed by atoms with Crippen LogP contribution in [-0.2, 0) is 0 Å². The first-order valence-electron chi connectivity index (χ1n) is 5.86. The molecule has 0 atom stereocenters. The molecule has 2 heterocycles. The Morgan fingerprint density at radius 2 is 1.94 bits per heavy atom. The minimum atomic E-state index is 0.743. The molecule has 18 heavy (non-hydrogen) atoms. The van der Waals surface area contributed by atoms with Gasteiger partial charge in [0, 0.05) is 16.3 Å². The molecule has 0 amide bonds. The molecule has 0 aliphatic heterocycles. The highest BCUT2D eigenvalue weighted by atomic mass is 35.5. The monoisotopic (exact) mass is 256 g/mol. The van der Waals surface area contributed by atoms with Crippen molar-refractivity contribution in [2.24, 2.45) is 0 Å². The largest absolute Gasteiger partial charge is 0.297 e. The highest BCUT2D eigenvalue weighted by molar-refractivity contribution is 6.30. The minimum Gasteiger partial charge on any atom is -0.297 e. The smallest absolute Gasteiger partial charge is 0.137 e. The molecule has 1 aromatic carbocycles. The van der Waals surface area contributed by atoms with Crippen LogP contribution in [0.4, 0.5) is 0 Å². The van der Waals surface area contributed by atoms with Crippen LogP contribution in [0.2, 0.25) is 5.02 Å². The van der Waals surface area contributed by atoms with Crippen molar-refractivity contribution in [3.63, 3.8) is 0 Å². The lowest BCUT2D eigenvalue weighted by atomic mass is 10.1. The minimum absolute atomic E-state index is 0.743. The summed E-state index contributed by atoms with van der Waals surface area (Å²) in [4.78, 5) is 4.47. The van der Waals surface area contributed by atoms with Gasteiger partial charge in [0.2, 0.25) is 0 Å². The van der Waals surface area contributed by atoms with E-state index in [2.05, 4.69) is 41.4 Å². The van der Waals surface area contributed by atoms with Gasteiger partial charge in [-0.2, -0.15) is 0 Å². The van der Waals surface area contributed by atoms with E-state index < -0.39 is 0 Å². The Kier molecular flexibility index (Phi) is 2.60. The fourth-order valence-electron chi connectivity index (χ4n) is 2.33. The number of fused-ring (bicyclic) bond motifs is 1. The molecule has 0 aliphatic carbocycles. The van der Waals surface area contributed by atoms with E-state index in [1.165, 1.54) is 11.3 Å². The molecule has 0 spiro atoms. The Morgan fingerprint density at radius 1 is 1.11 bits per heavy atom. The summed E-state index contributed by atoms with van der Waals surface area (Å²) in [5.74, 6) is 0. The fraction of sp³-hybridized carbons (Fsp3) is 0.133. The number of aryl methyl sites for hydroxylation is 2. The third kappa shape index (κ3) is 1.79. The standard InChI is InChI=1S/C15H13ClN2/c1-10-6-11(2)18-14(9-17-15(18)7-10)12-4-3-5-13(16)8-12/h3-9H,1-2H3. The van der Waals surface area contributed by atoms with Gasteiger partial charge in [0.1, 0.15) is 5.65 Å². The summed E-state index contributed by atoms with van der Waals surface area (Å²) in [5.41, 5.74) is 5.54. The van der Waals surface area contributed by atoms with E-state index >= 15 is 0 Å². The number of nitrogens with zero attached hydrogens (tertiary/aromatic N) is 2. The summed E-state index contributed by atoms with van der Waals surface area (Å²) in [5, 5.41) is 0.743. The first-order chi connectivity index (χ1) is 8.65. The quantitative estimate of drug-likeness (QED) is 0.636. The van der Waals surface area contributed by atoms with Gasteiger partial charge >= 0.3 is 0 Å². The zero-order valence-electron chi connectivity index (χ0n) is 10.3. The van der Waals surface area contributed by atoms with Crippen LogP contribution in [0.1, 0.15) is 11.3 Å². The predicted molar refractivity (Wildman–Crippen MR) is 75.1 cm³/mol. The topological polar surface area (TPSA) is 17.3 Å². The average molecular weight is 257 g/mol. The Labute approximate surface area is 111 Å². The Morgan fingerprint density at radius 3 is 2.72 bits per heavy atom. The molecular weight excluding hydrogens is 244 g/mol. The van der Waals surface area contributed by atoms with Crippen LogP contribution in [0.3, 0.4) is 0 Å². The average Bonchev–Trinajstić information content (AvgIpc) is 2.72. The predicted octanol–water partition coefficient (Wildman–Crippen LogP) is 4.27. The molecule has 3 heteroatoms. The molecule has 2 nitrogen and oxygen atoms in total. The molecular formula is C15H13ClN2. The van der Waals surface area contributed by atoms with E-state index in [0.29, 0.717) is 0 Å². The first kappa shape index (κ1) is 11.3. The Hall–Kier alpha value is -1.80. The van der Waals surface area contributed by atoms with Gasteiger partial charge in [-0.1, -0.05) is 23.7 Å². The summed E-state index contributed by atoms with van der Waals surface area (Å²) in [6.07, 6.45) is 1.90. The molecule has 2 aromatic heterocycles. The molecule has 0 N–H and O–H groups in total. The highest BCUT2D eigenvalue weighted by Gasteiger charge is 2.08. The van der Waals surface area contributed by atoms with Crippen LogP contribution in [-0.4, -0.2) is 9.38 Å². The normalized spacial score (nSPS) is 11.1. The molecule has 3 aromatic rings. The Balaban J connectivity index is 2.31. The summed E-state index contributed by atoms with van der Waals surface area (Å²) in [6.45, 7) is 4.18. The van der Waals surface area contributed by atoms with Crippen molar-refractivity contribution in [2.45, 2.75) is 13.8 Å². The number of benzene rings is 1. The van der Waals surface area contributed by atoms with Gasteiger partial charge in [-0.15, -0.1) is 0 Å². The van der Waals surface area contributed by atoms with Gasteiger partial charge in [0.05, 0.1) is 11.9 Å². The van der Waals surface area contributed by atoms with E-state index in [4.69, 9.17) is 11.6 Å². The summed E-state index contributed by atoms with van der Waals surface area (Å²) in [6, 6.07) is 12.1. The molecule has 0 bridgehead atoms. The van der Waals surface area contributed by atoms with Gasteiger partial charge in [0.15, 0.2) is 0 Å². The maximum absolute atomic E-state index is 6.05. The van der Waals surface area contributed by atoms with E-state index in [1.807, 2.05) is 24.4 Å². The molecule has 0 radical (unpaired) electrons. The van der Waals surface area contributed by atoms with Crippen molar-refractivity contribution >= 4 is 17.2 Å². The second kappa shape index (κ2) is 4.14. The molecule has 0 aliphatic rings. The maximum atomic E-state index is 6.05. The van der Waals surface area contributed by atoms with Gasteiger partial charge in [-0.3, -0.25) is 4.40 Å².